The number of hydrogen-bond donors (Lipinski definition) is 0. The summed E-state index contributed by atoms with van der Waals surface area (Å²) in [5, 5.41) is 4.46. The predicted molar refractivity (Wildman–Crippen MR) is 128 cm³/mol. The molecule has 1 aliphatic rings. The number of aromatic nitrogens is 2. The first-order valence-corrected chi connectivity index (χ1v) is 11.3. The quantitative estimate of drug-likeness (QED) is 0.398. The molecular formula is C26H26F2N4O3. The van der Waals surface area contributed by atoms with Crippen LogP contribution in [0.2, 0.25) is 0 Å². The van der Waals surface area contributed by atoms with Crippen molar-refractivity contribution in [1.29, 1.82) is 0 Å². The highest BCUT2D eigenvalue weighted by molar-refractivity contribution is 5.89. The first-order chi connectivity index (χ1) is 16.8. The van der Waals surface area contributed by atoms with Crippen molar-refractivity contribution >= 4 is 23.6 Å². The van der Waals surface area contributed by atoms with Crippen molar-refractivity contribution in [3.63, 3.8) is 0 Å². The van der Waals surface area contributed by atoms with E-state index in [1.165, 1.54) is 30.3 Å². The van der Waals surface area contributed by atoms with Crippen molar-refractivity contribution in [3.8, 4) is 5.69 Å². The molecule has 2 heterocycles. The van der Waals surface area contributed by atoms with Crippen molar-refractivity contribution in [2.24, 2.45) is 0 Å². The van der Waals surface area contributed by atoms with Crippen LogP contribution < -0.4 is 4.90 Å². The minimum absolute atomic E-state index is 0.262. The van der Waals surface area contributed by atoms with Gasteiger partial charge in [-0.2, -0.15) is 5.10 Å². The van der Waals surface area contributed by atoms with Crippen molar-refractivity contribution in [3.05, 3.63) is 83.2 Å². The number of ether oxygens (including phenoxy) is 1. The first-order valence-electron chi connectivity index (χ1n) is 11.3. The Bertz CT molecular complexity index is 1230. The van der Waals surface area contributed by atoms with E-state index in [2.05, 4.69) is 10.00 Å². The van der Waals surface area contributed by atoms with Crippen molar-refractivity contribution < 1.29 is 23.1 Å². The summed E-state index contributed by atoms with van der Waals surface area (Å²) in [7, 11) is 0. The van der Waals surface area contributed by atoms with E-state index >= 15 is 0 Å². The van der Waals surface area contributed by atoms with Gasteiger partial charge in [-0.3, -0.25) is 4.79 Å². The molecule has 0 N–H and O–H groups in total. The summed E-state index contributed by atoms with van der Waals surface area (Å²) in [6.45, 7) is 5.53. The summed E-state index contributed by atoms with van der Waals surface area (Å²) < 4.78 is 33.1. The summed E-state index contributed by atoms with van der Waals surface area (Å²) in [5.74, 6) is -1.51. The van der Waals surface area contributed by atoms with Crippen LogP contribution in [0.15, 0.2) is 54.6 Å². The molecule has 0 bridgehead atoms. The molecule has 0 atom stereocenters. The highest BCUT2D eigenvalue weighted by atomic mass is 19.1. The molecule has 0 unspecified atom stereocenters. The Kier molecular flexibility index (Phi) is 7.24. The molecule has 0 saturated carbocycles. The minimum atomic E-state index is -0.628. The maximum atomic E-state index is 13.2. The predicted octanol–water partition coefficient (Wildman–Crippen LogP) is 3.67. The van der Waals surface area contributed by atoms with Gasteiger partial charge >= 0.3 is 5.97 Å². The number of esters is 1. The average molecular weight is 481 g/mol. The van der Waals surface area contributed by atoms with E-state index < -0.39 is 5.97 Å². The lowest BCUT2D eigenvalue weighted by Crippen LogP contribution is -2.49. The number of carbonyl (C=O) groups excluding carboxylic acids is 2. The molecule has 1 aromatic heterocycles. The van der Waals surface area contributed by atoms with Crippen LogP contribution in [-0.2, 0) is 14.3 Å². The topological polar surface area (TPSA) is 67.7 Å². The molecule has 1 fully saturated rings. The van der Waals surface area contributed by atoms with Gasteiger partial charge in [0, 0.05) is 49.2 Å². The fourth-order valence-electron chi connectivity index (χ4n) is 4.02. The molecule has 0 aliphatic carbocycles. The van der Waals surface area contributed by atoms with E-state index in [1.807, 2.05) is 13.8 Å². The minimum Gasteiger partial charge on any atom is -0.452 e. The Hall–Kier alpha value is -4.01. The summed E-state index contributed by atoms with van der Waals surface area (Å²) >= 11 is 0. The number of anilines is 1. The van der Waals surface area contributed by atoms with Crippen LogP contribution in [0.5, 0.6) is 0 Å². The second-order valence-corrected chi connectivity index (χ2v) is 8.26. The number of rotatable bonds is 6. The Balaban J connectivity index is 1.28. The van der Waals surface area contributed by atoms with Crippen LogP contribution in [0.1, 0.15) is 17.0 Å². The van der Waals surface area contributed by atoms with Gasteiger partial charge in [-0.05, 0) is 68.5 Å². The lowest BCUT2D eigenvalue weighted by atomic mass is 10.2. The zero-order valence-corrected chi connectivity index (χ0v) is 19.6. The molecule has 1 saturated heterocycles. The highest BCUT2D eigenvalue weighted by Gasteiger charge is 2.22. The number of halogens is 2. The molecule has 0 spiro atoms. The largest absolute Gasteiger partial charge is 0.452 e. The molecule has 2 aromatic carbocycles. The maximum Gasteiger partial charge on any atom is 0.331 e. The van der Waals surface area contributed by atoms with Crippen LogP contribution in [-0.4, -0.2) is 59.3 Å². The normalized spacial score (nSPS) is 13.9. The molecule has 35 heavy (non-hydrogen) atoms. The van der Waals surface area contributed by atoms with Gasteiger partial charge in [-0.25, -0.2) is 18.3 Å². The monoisotopic (exact) mass is 480 g/mol. The van der Waals surface area contributed by atoms with E-state index in [-0.39, 0.29) is 24.1 Å². The Labute approximate surface area is 202 Å². The number of nitrogens with zero attached hydrogens (tertiary/aromatic N) is 4. The smallest absolute Gasteiger partial charge is 0.331 e. The lowest BCUT2D eigenvalue weighted by molar-refractivity contribution is -0.148. The van der Waals surface area contributed by atoms with E-state index in [0.29, 0.717) is 37.6 Å². The van der Waals surface area contributed by atoms with E-state index in [0.717, 1.165) is 16.9 Å². The second kappa shape index (κ2) is 10.5. The number of hydrogen-bond acceptors (Lipinski definition) is 5. The summed E-state index contributed by atoms with van der Waals surface area (Å²) in [5.41, 5.74) is 3.84. The van der Waals surface area contributed by atoms with Gasteiger partial charge < -0.3 is 14.5 Å². The van der Waals surface area contributed by atoms with Crippen LogP contribution in [0.4, 0.5) is 14.5 Å². The van der Waals surface area contributed by atoms with Gasteiger partial charge in [0.1, 0.15) is 11.6 Å². The Morgan fingerprint density at radius 1 is 0.914 bits per heavy atom. The third kappa shape index (κ3) is 5.74. The highest BCUT2D eigenvalue weighted by Crippen LogP contribution is 2.20. The molecule has 7 nitrogen and oxygen atoms in total. The maximum absolute atomic E-state index is 13.2. The first kappa shape index (κ1) is 24.1. The van der Waals surface area contributed by atoms with Crippen LogP contribution in [0, 0.1) is 25.5 Å². The van der Waals surface area contributed by atoms with Crippen LogP contribution in [0.25, 0.3) is 11.8 Å². The van der Waals surface area contributed by atoms with Crippen LogP contribution in [0.3, 0.4) is 0 Å². The lowest BCUT2D eigenvalue weighted by Gasteiger charge is -2.36. The van der Waals surface area contributed by atoms with Gasteiger partial charge in [-0.15, -0.1) is 0 Å². The van der Waals surface area contributed by atoms with E-state index in [9.17, 15) is 18.4 Å². The van der Waals surface area contributed by atoms with Gasteiger partial charge in [0.25, 0.3) is 5.91 Å². The van der Waals surface area contributed by atoms with Gasteiger partial charge in [-0.1, -0.05) is 0 Å². The number of aryl methyl sites for hydroxylation is 1. The standard InChI is InChI=1S/C26H26F2N4O3/c1-18-24(19(2)32(29-18)23-9-5-21(28)6-10-23)11-12-26(34)35-17-25(33)31-15-13-30(14-16-31)22-7-3-20(27)4-8-22/h3-12H,13-17H2,1-2H3/b12-11+. The SMILES string of the molecule is Cc1nn(-c2ccc(F)cc2)c(C)c1/C=C/C(=O)OCC(=O)N1CCN(c2ccc(F)cc2)CC1. The van der Waals surface area contributed by atoms with Gasteiger partial charge in [0.05, 0.1) is 11.4 Å². The molecule has 0 radical (unpaired) electrons. The number of piperazine rings is 1. The molecule has 3 aromatic rings. The average Bonchev–Trinajstić information content (AvgIpc) is 3.15. The van der Waals surface area contributed by atoms with Gasteiger partial charge in [0.2, 0.25) is 0 Å². The molecule has 182 valence electrons. The molecule has 1 amide bonds. The fourth-order valence-corrected chi connectivity index (χ4v) is 4.02. The van der Waals surface area contributed by atoms with Crippen LogP contribution >= 0.6 is 0 Å². The molecule has 4 rings (SSSR count). The third-order valence-corrected chi connectivity index (χ3v) is 5.97. The zero-order chi connectivity index (χ0) is 24.9. The molecular weight excluding hydrogens is 454 g/mol. The van der Waals surface area contributed by atoms with Crippen molar-refractivity contribution in [2.75, 3.05) is 37.7 Å². The number of carbonyl (C=O) groups is 2. The second-order valence-electron chi connectivity index (χ2n) is 8.26. The fraction of sp³-hybridized carbons (Fsp3) is 0.269. The summed E-state index contributed by atoms with van der Waals surface area (Å²) in [4.78, 5) is 28.4. The molecule has 9 heteroatoms. The number of benzene rings is 2. The zero-order valence-electron chi connectivity index (χ0n) is 19.6. The van der Waals surface area contributed by atoms with Crippen molar-refractivity contribution in [2.45, 2.75) is 13.8 Å². The van der Waals surface area contributed by atoms with Crippen molar-refractivity contribution in [1.82, 2.24) is 14.7 Å². The summed E-state index contributed by atoms with van der Waals surface area (Å²) in [6.07, 6.45) is 2.87. The number of amides is 1. The summed E-state index contributed by atoms with van der Waals surface area (Å²) in [6, 6.07) is 12.2. The third-order valence-electron chi connectivity index (χ3n) is 5.97. The molecule has 1 aliphatic heterocycles. The Morgan fingerprint density at radius 3 is 2.09 bits per heavy atom. The van der Waals surface area contributed by atoms with Gasteiger partial charge in [0.15, 0.2) is 6.61 Å². The van der Waals surface area contributed by atoms with E-state index in [1.54, 1.807) is 39.9 Å². The Morgan fingerprint density at radius 2 is 1.49 bits per heavy atom. The van der Waals surface area contributed by atoms with E-state index in [4.69, 9.17) is 4.74 Å².